The first kappa shape index (κ1) is 17.3. The molecule has 0 fully saturated rings. The van der Waals surface area contributed by atoms with Crippen LogP contribution in [0.15, 0.2) is 48.5 Å². The normalized spacial score (nSPS) is 11.6. The van der Waals surface area contributed by atoms with Crippen LogP contribution in [0.25, 0.3) is 0 Å². The summed E-state index contributed by atoms with van der Waals surface area (Å²) in [5.41, 5.74) is 1.16. The fraction of sp³-hybridized carbons (Fsp3) is 0.176. The number of carbonyl (C=O) groups excluding carboxylic acids is 2. The summed E-state index contributed by atoms with van der Waals surface area (Å²) < 4.78 is 4.76. The van der Waals surface area contributed by atoms with E-state index >= 15 is 0 Å². The highest BCUT2D eigenvalue weighted by Gasteiger charge is 2.23. The molecule has 6 heteroatoms. The Labute approximate surface area is 144 Å². The maximum atomic E-state index is 12.4. The van der Waals surface area contributed by atoms with Gasteiger partial charge in [-0.1, -0.05) is 53.5 Å². The first-order chi connectivity index (χ1) is 11.0. The molecule has 0 heterocycles. The number of esters is 1. The molecule has 0 aliphatic rings. The highest BCUT2D eigenvalue weighted by Crippen LogP contribution is 2.21. The Hall–Kier alpha value is -2.04. The molecule has 2 aromatic carbocycles. The second-order valence-electron chi connectivity index (χ2n) is 4.86. The monoisotopic (exact) mass is 351 g/mol. The van der Waals surface area contributed by atoms with Gasteiger partial charge in [0.25, 0.3) is 5.91 Å². The van der Waals surface area contributed by atoms with Gasteiger partial charge in [0.15, 0.2) is 0 Å². The maximum absolute atomic E-state index is 12.4. The van der Waals surface area contributed by atoms with Crippen LogP contribution in [0.5, 0.6) is 0 Å². The molecule has 0 bridgehead atoms. The Morgan fingerprint density at radius 1 is 1.13 bits per heavy atom. The number of hydrogen-bond donors (Lipinski definition) is 1. The van der Waals surface area contributed by atoms with Crippen molar-refractivity contribution in [3.8, 4) is 0 Å². The SMILES string of the molecule is COC(=O)[C@H](Cc1ccccc1)NC(=O)c1ccc(Cl)cc1Cl. The molecular weight excluding hydrogens is 337 g/mol. The summed E-state index contributed by atoms with van der Waals surface area (Å²) in [4.78, 5) is 24.3. The Bertz CT molecular complexity index is 704. The van der Waals surface area contributed by atoms with Gasteiger partial charge in [-0.05, 0) is 23.8 Å². The van der Waals surface area contributed by atoms with Crippen molar-refractivity contribution in [3.05, 3.63) is 69.7 Å². The van der Waals surface area contributed by atoms with Gasteiger partial charge in [0.2, 0.25) is 0 Å². The van der Waals surface area contributed by atoms with Crippen LogP contribution in [0.4, 0.5) is 0 Å². The van der Waals surface area contributed by atoms with E-state index in [1.807, 2.05) is 30.3 Å². The van der Waals surface area contributed by atoms with E-state index in [2.05, 4.69) is 5.32 Å². The number of benzene rings is 2. The fourth-order valence-electron chi connectivity index (χ4n) is 2.09. The smallest absolute Gasteiger partial charge is 0.328 e. The molecule has 0 unspecified atom stereocenters. The van der Waals surface area contributed by atoms with Gasteiger partial charge in [-0.3, -0.25) is 4.79 Å². The Morgan fingerprint density at radius 3 is 2.43 bits per heavy atom. The zero-order chi connectivity index (χ0) is 16.8. The lowest BCUT2D eigenvalue weighted by atomic mass is 10.1. The van der Waals surface area contributed by atoms with Gasteiger partial charge >= 0.3 is 5.97 Å². The van der Waals surface area contributed by atoms with Crippen LogP contribution in [0.3, 0.4) is 0 Å². The van der Waals surface area contributed by atoms with Gasteiger partial charge in [-0.2, -0.15) is 0 Å². The predicted octanol–water partition coefficient (Wildman–Crippen LogP) is 3.51. The highest BCUT2D eigenvalue weighted by atomic mass is 35.5. The summed E-state index contributed by atoms with van der Waals surface area (Å²) in [5.74, 6) is -0.981. The zero-order valence-electron chi connectivity index (χ0n) is 12.4. The van der Waals surface area contributed by atoms with Crippen LogP contribution >= 0.6 is 23.2 Å². The summed E-state index contributed by atoms with van der Waals surface area (Å²) in [6.45, 7) is 0. The van der Waals surface area contributed by atoms with Crippen molar-refractivity contribution in [1.82, 2.24) is 5.32 Å². The van der Waals surface area contributed by atoms with Crippen molar-refractivity contribution >= 4 is 35.1 Å². The van der Waals surface area contributed by atoms with E-state index in [-0.39, 0.29) is 10.6 Å². The second-order valence-corrected chi connectivity index (χ2v) is 5.71. The van der Waals surface area contributed by atoms with Crippen LogP contribution in [0.2, 0.25) is 10.0 Å². The molecule has 0 aliphatic heterocycles. The van der Waals surface area contributed by atoms with Crippen LogP contribution in [-0.4, -0.2) is 25.0 Å². The standard InChI is InChI=1S/C17H15Cl2NO3/c1-23-17(22)15(9-11-5-3-2-4-6-11)20-16(21)13-8-7-12(18)10-14(13)19/h2-8,10,15H,9H2,1H3,(H,20,21)/t15-/m0/s1. The van der Waals surface area contributed by atoms with Crippen molar-refractivity contribution in [2.75, 3.05) is 7.11 Å². The third kappa shape index (κ3) is 4.71. The Morgan fingerprint density at radius 2 is 1.83 bits per heavy atom. The molecular formula is C17H15Cl2NO3. The number of rotatable bonds is 5. The Kier molecular flexibility index (Phi) is 6.02. The number of carbonyl (C=O) groups is 2. The summed E-state index contributed by atoms with van der Waals surface area (Å²) in [6.07, 6.45) is 0.324. The first-order valence-corrected chi connectivity index (χ1v) is 7.64. The number of methoxy groups -OCH3 is 1. The molecule has 0 aliphatic carbocycles. The van der Waals surface area contributed by atoms with Crippen molar-refractivity contribution in [3.63, 3.8) is 0 Å². The molecule has 0 spiro atoms. The van der Waals surface area contributed by atoms with Crippen LogP contribution in [0, 0.1) is 0 Å². The molecule has 0 radical (unpaired) electrons. The van der Waals surface area contributed by atoms with Crippen molar-refractivity contribution in [1.29, 1.82) is 0 Å². The molecule has 1 N–H and O–H groups in total. The molecule has 0 aromatic heterocycles. The summed E-state index contributed by atoms with van der Waals surface area (Å²) in [7, 11) is 1.28. The number of ether oxygens (including phenoxy) is 1. The molecule has 120 valence electrons. The minimum Gasteiger partial charge on any atom is -0.467 e. The van der Waals surface area contributed by atoms with Gasteiger partial charge in [0, 0.05) is 11.4 Å². The molecule has 2 aromatic rings. The number of halogens is 2. The maximum Gasteiger partial charge on any atom is 0.328 e. The topological polar surface area (TPSA) is 55.4 Å². The Balaban J connectivity index is 2.17. The van der Waals surface area contributed by atoms with Crippen LogP contribution in [-0.2, 0) is 16.0 Å². The minimum absolute atomic E-state index is 0.221. The van der Waals surface area contributed by atoms with Crippen molar-refractivity contribution in [2.45, 2.75) is 12.5 Å². The van der Waals surface area contributed by atoms with Crippen molar-refractivity contribution in [2.24, 2.45) is 0 Å². The lowest BCUT2D eigenvalue weighted by molar-refractivity contribution is -0.142. The van der Waals surface area contributed by atoms with E-state index in [9.17, 15) is 9.59 Å². The largest absolute Gasteiger partial charge is 0.467 e. The van der Waals surface area contributed by atoms with Crippen molar-refractivity contribution < 1.29 is 14.3 Å². The van der Waals surface area contributed by atoms with Gasteiger partial charge in [0.05, 0.1) is 17.7 Å². The minimum atomic E-state index is -0.804. The van der Waals surface area contributed by atoms with E-state index in [0.29, 0.717) is 11.4 Å². The van der Waals surface area contributed by atoms with E-state index in [0.717, 1.165) is 5.56 Å². The molecule has 1 amide bonds. The number of hydrogen-bond acceptors (Lipinski definition) is 3. The molecule has 23 heavy (non-hydrogen) atoms. The van der Waals surface area contributed by atoms with Gasteiger partial charge < -0.3 is 10.1 Å². The van der Waals surface area contributed by atoms with Gasteiger partial charge in [-0.25, -0.2) is 4.79 Å². The fourth-order valence-corrected chi connectivity index (χ4v) is 2.59. The third-order valence-corrected chi connectivity index (χ3v) is 3.80. The van der Waals surface area contributed by atoms with Crippen LogP contribution in [0.1, 0.15) is 15.9 Å². The quantitative estimate of drug-likeness (QED) is 0.838. The first-order valence-electron chi connectivity index (χ1n) is 6.89. The van der Waals surface area contributed by atoms with E-state index in [1.54, 1.807) is 6.07 Å². The molecule has 4 nitrogen and oxygen atoms in total. The lowest BCUT2D eigenvalue weighted by Gasteiger charge is -2.17. The zero-order valence-corrected chi connectivity index (χ0v) is 13.9. The average molecular weight is 352 g/mol. The van der Waals surface area contributed by atoms with E-state index in [1.165, 1.54) is 19.2 Å². The predicted molar refractivity (Wildman–Crippen MR) is 89.9 cm³/mol. The summed E-state index contributed by atoms with van der Waals surface area (Å²) in [5, 5.41) is 3.30. The number of amides is 1. The van der Waals surface area contributed by atoms with Gasteiger partial charge in [0.1, 0.15) is 6.04 Å². The molecule has 2 rings (SSSR count). The van der Waals surface area contributed by atoms with E-state index < -0.39 is 17.9 Å². The highest BCUT2D eigenvalue weighted by molar-refractivity contribution is 6.36. The summed E-state index contributed by atoms with van der Waals surface area (Å²) in [6, 6.07) is 13.1. The third-order valence-electron chi connectivity index (χ3n) is 3.25. The number of nitrogens with one attached hydrogen (secondary N) is 1. The van der Waals surface area contributed by atoms with Crippen LogP contribution < -0.4 is 5.32 Å². The molecule has 1 atom stereocenters. The molecule has 0 saturated heterocycles. The average Bonchev–Trinajstić information content (AvgIpc) is 2.54. The summed E-state index contributed by atoms with van der Waals surface area (Å²) >= 11 is 11.8. The second kappa shape index (κ2) is 7.99. The van der Waals surface area contributed by atoms with E-state index in [4.69, 9.17) is 27.9 Å². The molecule has 0 saturated carbocycles. The lowest BCUT2D eigenvalue weighted by Crippen LogP contribution is -2.43. The van der Waals surface area contributed by atoms with Gasteiger partial charge in [-0.15, -0.1) is 0 Å².